The van der Waals surface area contributed by atoms with Crippen molar-refractivity contribution >= 4 is 11.8 Å². The number of H-pyrrole nitrogens is 2. The number of amides is 2. The molecule has 0 aliphatic heterocycles. The number of halogens is 2. The Labute approximate surface area is 164 Å². The zero-order valence-corrected chi connectivity index (χ0v) is 15.6. The minimum absolute atomic E-state index is 0.0791. The number of methoxy groups -OCH3 is 1. The summed E-state index contributed by atoms with van der Waals surface area (Å²) in [5.41, 5.74) is -0.711. The fraction of sp³-hybridized carbons (Fsp3) is 0.444. The molecule has 3 rings (SSSR count). The van der Waals surface area contributed by atoms with Gasteiger partial charge in [0.2, 0.25) is 5.91 Å². The number of nitrogens with one attached hydrogen (secondary N) is 4. The highest BCUT2D eigenvalue weighted by molar-refractivity contribution is 5.94. The summed E-state index contributed by atoms with van der Waals surface area (Å²) in [7, 11) is 1.47. The molecule has 4 N–H and O–H groups in total. The number of rotatable bonds is 6. The van der Waals surface area contributed by atoms with Gasteiger partial charge in [-0.25, -0.2) is 18.7 Å². The van der Waals surface area contributed by atoms with Gasteiger partial charge in [0.1, 0.15) is 17.5 Å². The molecule has 2 aromatic rings. The lowest BCUT2D eigenvalue weighted by Crippen LogP contribution is -2.49. The van der Waals surface area contributed by atoms with Gasteiger partial charge in [-0.1, -0.05) is 0 Å². The molecule has 0 spiro atoms. The highest BCUT2D eigenvalue weighted by Crippen LogP contribution is 2.27. The maximum atomic E-state index is 13.8. The summed E-state index contributed by atoms with van der Waals surface area (Å²) in [5.74, 6) is -2.62. The van der Waals surface area contributed by atoms with E-state index in [9.17, 15) is 23.2 Å². The van der Waals surface area contributed by atoms with Gasteiger partial charge in [-0.2, -0.15) is 5.10 Å². The van der Waals surface area contributed by atoms with Crippen molar-refractivity contribution in [2.75, 3.05) is 7.11 Å². The normalized spacial score (nSPS) is 21.6. The van der Waals surface area contributed by atoms with E-state index >= 15 is 0 Å². The number of ether oxygens (including phenoxy) is 1. The van der Waals surface area contributed by atoms with E-state index in [-0.39, 0.29) is 23.9 Å². The molecule has 156 valence electrons. The first kappa shape index (κ1) is 20.6. The Balaban J connectivity index is 1.56. The standard InChI is InChI=1S/C18H21F2N5O4/c1-29-14-6-9(16(26)21-8-15-23-18(28)25-24-15)2-5-13(14)22-17(27)11-4-3-10(19)7-12(11)20/h3-4,7,9,13-14H,2,5-6,8H2,1H3,(H,21,26)(H,22,27)(H2,23,24,25,28). The molecule has 29 heavy (non-hydrogen) atoms. The summed E-state index contributed by atoms with van der Waals surface area (Å²) in [4.78, 5) is 38.2. The van der Waals surface area contributed by atoms with Crippen LogP contribution in [-0.4, -0.2) is 46.3 Å². The molecule has 1 fully saturated rings. The molecule has 1 aromatic heterocycles. The van der Waals surface area contributed by atoms with Crippen LogP contribution in [0.3, 0.4) is 0 Å². The third-order valence-electron chi connectivity index (χ3n) is 4.94. The Bertz CT molecular complexity index is 944. The van der Waals surface area contributed by atoms with Gasteiger partial charge in [-0.3, -0.25) is 14.6 Å². The van der Waals surface area contributed by atoms with E-state index in [1.165, 1.54) is 7.11 Å². The van der Waals surface area contributed by atoms with Gasteiger partial charge in [0, 0.05) is 19.1 Å². The van der Waals surface area contributed by atoms with Crippen LogP contribution in [0.2, 0.25) is 0 Å². The van der Waals surface area contributed by atoms with Crippen LogP contribution in [0.25, 0.3) is 0 Å². The van der Waals surface area contributed by atoms with Crippen LogP contribution < -0.4 is 16.3 Å². The van der Waals surface area contributed by atoms with Crippen LogP contribution in [-0.2, 0) is 16.1 Å². The number of aromatic nitrogens is 3. The van der Waals surface area contributed by atoms with Gasteiger partial charge in [0.25, 0.3) is 5.91 Å². The molecule has 11 heteroatoms. The van der Waals surface area contributed by atoms with Gasteiger partial charge in [-0.05, 0) is 31.4 Å². The third kappa shape index (κ3) is 5.05. The van der Waals surface area contributed by atoms with E-state index in [4.69, 9.17) is 4.74 Å². The van der Waals surface area contributed by atoms with Crippen LogP contribution >= 0.6 is 0 Å². The molecule has 3 atom stereocenters. The summed E-state index contributed by atoms with van der Waals surface area (Å²) >= 11 is 0. The molecule has 0 bridgehead atoms. The largest absolute Gasteiger partial charge is 0.379 e. The second kappa shape index (κ2) is 8.95. The second-order valence-corrected chi connectivity index (χ2v) is 6.83. The number of hydrogen-bond acceptors (Lipinski definition) is 5. The average Bonchev–Trinajstić information content (AvgIpc) is 3.11. The number of benzene rings is 1. The highest BCUT2D eigenvalue weighted by atomic mass is 19.1. The molecule has 1 aromatic carbocycles. The maximum absolute atomic E-state index is 13.8. The van der Waals surface area contributed by atoms with E-state index in [1.54, 1.807) is 0 Å². The molecular weight excluding hydrogens is 388 g/mol. The second-order valence-electron chi connectivity index (χ2n) is 6.83. The summed E-state index contributed by atoms with van der Waals surface area (Å²) < 4.78 is 32.3. The quantitative estimate of drug-likeness (QED) is 0.556. The van der Waals surface area contributed by atoms with Crippen LogP contribution in [0.15, 0.2) is 23.0 Å². The summed E-state index contributed by atoms with van der Waals surface area (Å²) in [6, 6.07) is 2.33. The van der Waals surface area contributed by atoms with E-state index in [0.717, 1.165) is 12.1 Å². The van der Waals surface area contributed by atoms with Crippen molar-refractivity contribution in [3.63, 3.8) is 0 Å². The minimum atomic E-state index is -0.944. The van der Waals surface area contributed by atoms with Gasteiger partial charge < -0.3 is 15.4 Å². The summed E-state index contributed by atoms with van der Waals surface area (Å²) in [6.07, 6.45) is 0.845. The zero-order chi connectivity index (χ0) is 21.0. The van der Waals surface area contributed by atoms with Crippen molar-refractivity contribution in [3.8, 4) is 0 Å². The van der Waals surface area contributed by atoms with Crippen LogP contribution in [0.5, 0.6) is 0 Å². The van der Waals surface area contributed by atoms with Crippen molar-refractivity contribution in [3.05, 3.63) is 51.7 Å². The van der Waals surface area contributed by atoms with Gasteiger partial charge in [-0.15, -0.1) is 0 Å². The molecule has 1 heterocycles. The predicted octanol–water partition coefficient (Wildman–Crippen LogP) is 0.606. The number of nitrogens with zero attached hydrogens (tertiary/aromatic N) is 1. The van der Waals surface area contributed by atoms with Crippen molar-refractivity contribution in [1.82, 2.24) is 25.8 Å². The predicted molar refractivity (Wildman–Crippen MR) is 96.8 cm³/mol. The Morgan fingerprint density at radius 2 is 2.10 bits per heavy atom. The number of carbonyl (C=O) groups excluding carboxylic acids is 2. The van der Waals surface area contributed by atoms with Crippen molar-refractivity contribution in [1.29, 1.82) is 0 Å². The van der Waals surface area contributed by atoms with E-state index in [1.807, 2.05) is 0 Å². The Morgan fingerprint density at radius 3 is 2.76 bits per heavy atom. The Hall–Kier alpha value is -3.08. The lowest BCUT2D eigenvalue weighted by Gasteiger charge is -2.35. The summed E-state index contributed by atoms with van der Waals surface area (Å²) in [6.45, 7) is 0.0791. The summed E-state index contributed by atoms with van der Waals surface area (Å²) in [5, 5.41) is 11.3. The minimum Gasteiger partial charge on any atom is -0.379 e. The maximum Gasteiger partial charge on any atom is 0.340 e. The average molecular weight is 409 g/mol. The number of aromatic amines is 2. The monoisotopic (exact) mass is 409 g/mol. The molecule has 1 aliphatic carbocycles. The number of carbonyl (C=O) groups is 2. The molecule has 2 amide bonds. The van der Waals surface area contributed by atoms with Crippen molar-refractivity contribution in [2.45, 2.75) is 38.0 Å². The molecule has 0 saturated heterocycles. The molecule has 3 unspecified atom stereocenters. The van der Waals surface area contributed by atoms with Gasteiger partial charge in [0.15, 0.2) is 0 Å². The molecule has 9 nitrogen and oxygen atoms in total. The molecule has 1 saturated carbocycles. The van der Waals surface area contributed by atoms with E-state index < -0.39 is 35.4 Å². The van der Waals surface area contributed by atoms with Crippen LogP contribution in [0, 0.1) is 17.6 Å². The first-order valence-corrected chi connectivity index (χ1v) is 9.07. The molecule has 0 radical (unpaired) electrons. The lowest BCUT2D eigenvalue weighted by atomic mass is 9.83. The highest BCUT2D eigenvalue weighted by Gasteiger charge is 2.35. The topological polar surface area (TPSA) is 129 Å². The number of hydrogen-bond donors (Lipinski definition) is 4. The smallest absolute Gasteiger partial charge is 0.340 e. The third-order valence-corrected chi connectivity index (χ3v) is 4.94. The molecular formula is C18H21F2N5O4. The van der Waals surface area contributed by atoms with Crippen molar-refractivity contribution < 1.29 is 23.1 Å². The van der Waals surface area contributed by atoms with Gasteiger partial charge in [0.05, 0.1) is 24.3 Å². The fourth-order valence-corrected chi connectivity index (χ4v) is 3.42. The molecule has 1 aliphatic rings. The fourth-order valence-electron chi connectivity index (χ4n) is 3.42. The Morgan fingerprint density at radius 1 is 1.31 bits per heavy atom. The lowest BCUT2D eigenvalue weighted by molar-refractivity contribution is -0.128. The van der Waals surface area contributed by atoms with Gasteiger partial charge >= 0.3 is 5.69 Å². The zero-order valence-electron chi connectivity index (χ0n) is 15.6. The van der Waals surface area contributed by atoms with E-state index in [2.05, 4.69) is 25.8 Å². The van der Waals surface area contributed by atoms with Crippen molar-refractivity contribution in [2.24, 2.45) is 5.92 Å². The van der Waals surface area contributed by atoms with Crippen LogP contribution in [0.4, 0.5) is 8.78 Å². The first-order valence-electron chi connectivity index (χ1n) is 9.07. The first-order chi connectivity index (χ1) is 13.9. The Kier molecular flexibility index (Phi) is 6.37. The van der Waals surface area contributed by atoms with E-state index in [0.29, 0.717) is 31.2 Å². The SMILES string of the molecule is COC1CC(C(=O)NCc2n[nH]c(=O)[nH]2)CCC1NC(=O)c1ccc(F)cc1F. The van der Waals surface area contributed by atoms with Crippen LogP contribution in [0.1, 0.15) is 35.4 Å².